The van der Waals surface area contributed by atoms with Crippen molar-refractivity contribution in [3.8, 4) is 11.3 Å². The third kappa shape index (κ3) is 2.81. The van der Waals surface area contributed by atoms with Crippen LogP contribution in [0.4, 0.5) is 0 Å². The SMILES string of the molecule is C.CC(C)(C)c1ccc(Cl)cc1-c1n[nH]c2ccccc12. The number of nitrogens with one attached hydrogen (secondary N) is 1. The molecule has 0 radical (unpaired) electrons. The van der Waals surface area contributed by atoms with Gasteiger partial charge in [0.2, 0.25) is 0 Å². The molecule has 110 valence electrons. The van der Waals surface area contributed by atoms with Gasteiger partial charge in [0.05, 0.1) is 5.52 Å². The molecule has 0 aliphatic carbocycles. The van der Waals surface area contributed by atoms with Gasteiger partial charge in [-0.3, -0.25) is 5.10 Å². The lowest BCUT2D eigenvalue weighted by Gasteiger charge is -2.22. The molecule has 0 unspecified atom stereocenters. The number of fused-ring (bicyclic) bond motifs is 1. The van der Waals surface area contributed by atoms with Gasteiger partial charge in [-0.1, -0.05) is 64.1 Å². The van der Waals surface area contributed by atoms with E-state index in [-0.39, 0.29) is 12.8 Å². The number of hydrogen-bond acceptors (Lipinski definition) is 1. The Morgan fingerprint density at radius 1 is 1.05 bits per heavy atom. The van der Waals surface area contributed by atoms with Crippen molar-refractivity contribution in [2.24, 2.45) is 0 Å². The van der Waals surface area contributed by atoms with Crippen molar-refractivity contribution >= 4 is 22.5 Å². The number of para-hydroxylation sites is 1. The summed E-state index contributed by atoms with van der Waals surface area (Å²) in [4.78, 5) is 0. The fourth-order valence-corrected chi connectivity index (χ4v) is 2.71. The first-order valence-corrected chi connectivity index (χ1v) is 7.08. The number of halogens is 1. The van der Waals surface area contributed by atoms with Crippen LogP contribution in [0.5, 0.6) is 0 Å². The summed E-state index contributed by atoms with van der Waals surface area (Å²) in [6, 6.07) is 14.2. The molecular weight excluding hydrogens is 280 g/mol. The summed E-state index contributed by atoms with van der Waals surface area (Å²) in [5.74, 6) is 0. The van der Waals surface area contributed by atoms with E-state index in [4.69, 9.17) is 11.6 Å². The summed E-state index contributed by atoms with van der Waals surface area (Å²) in [5.41, 5.74) is 4.40. The Bertz CT molecular complexity index is 766. The molecule has 1 heterocycles. The molecule has 21 heavy (non-hydrogen) atoms. The second-order valence-corrected chi connectivity index (χ2v) is 6.49. The lowest BCUT2D eigenvalue weighted by Crippen LogP contribution is -2.12. The lowest BCUT2D eigenvalue weighted by atomic mass is 9.82. The molecule has 3 rings (SSSR count). The van der Waals surface area contributed by atoms with Crippen LogP contribution >= 0.6 is 11.6 Å². The highest BCUT2D eigenvalue weighted by atomic mass is 35.5. The predicted molar refractivity (Wildman–Crippen MR) is 92.0 cm³/mol. The van der Waals surface area contributed by atoms with Gasteiger partial charge in [-0.15, -0.1) is 0 Å². The molecule has 3 heteroatoms. The number of benzene rings is 2. The van der Waals surface area contributed by atoms with E-state index in [2.05, 4.69) is 43.1 Å². The standard InChI is InChI=1S/C17H17ClN2.CH4/c1-17(2,3)14-9-8-11(18)10-13(14)16-12-6-4-5-7-15(12)19-20-16;/h4-10H,1-3H3,(H,19,20);1H4. The topological polar surface area (TPSA) is 28.7 Å². The maximum absolute atomic E-state index is 6.20. The average Bonchev–Trinajstić information content (AvgIpc) is 2.80. The minimum absolute atomic E-state index is 0. The Morgan fingerprint density at radius 2 is 1.76 bits per heavy atom. The summed E-state index contributed by atoms with van der Waals surface area (Å²) in [6.45, 7) is 6.61. The maximum atomic E-state index is 6.20. The largest absolute Gasteiger partial charge is 0.277 e. The van der Waals surface area contributed by atoms with Crippen LogP contribution in [0.2, 0.25) is 5.02 Å². The van der Waals surface area contributed by atoms with Crippen LogP contribution in [0.3, 0.4) is 0 Å². The Balaban J connectivity index is 0.00000161. The van der Waals surface area contributed by atoms with Crippen LogP contribution in [-0.4, -0.2) is 10.2 Å². The van der Waals surface area contributed by atoms with Gasteiger partial charge < -0.3 is 0 Å². The zero-order valence-electron chi connectivity index (χ0n) is 11.9. The molecular formula is C18H21ClN2. The first-order chi connectivity index (χ1) is 9.47. The van der Waals surface area contributed by atoms with Gasteiger partial charge in [0, 0.05) is 16.0 Å². The highest BCUT2D eigenvalue weighted by molar-refractivity contribution is 6.31. The van der Waals surface area contributed by atoms with Crippen molar-refractivity contribution in [3.63, 3.8) is 0 Å². The summed E-state index contributed by atoms with van der Waals surface area (Å²) >= 11 is 6.20. The molecule has 0 fully saturated rings. The molecule has 1 N–H and O–H groups in total. The number of aromatic amines is 1. The van der Waals surface area contributed by atoms with Crippen molar-refractivity contribution in [1.29, 1.82) is 0 Å². The Labute approximate surface area is 131 Å². The van der Waals surface area contributed by atoms with E-state index >= 15 is 0 Å². The van der Waals surface area contributed by atoms with Crippen molar-refractivity contribution in [2.45, 2.75) is 33.6 Å². The monoisotopic (exact) mass is 300 g/mol. The van der Waals surface area contributed by atoms with Crippen LogP contribution in [0, 0.1) is 0 Å². The van der Waals surface area contributed by atoms with E-state index in [0.717, 1.165) is 27.2 Å². The van der Waals surface area contributed by atoms with Crippen LogP contribution < -0.4 is 0 Å². The van der Waals surface area contributed by atoms with E-state index in [9.17, 15) is 0 Å². The van der Waals surface area contributed by atoms with Gasteiger partial charge in [-0.2, -0.15) is 5.10 Å². The van der Waals surface area contributed by atoms with Crippen molar-refractivity contribution in [2.75, 3.05) is 0 Å². The van der Waals surface area contributed by atoms with Crippen LogP contribution in [0.25, 0.3) is 22.2 Å². The van der Waals surface area contributed by atoms with Crippen LogP contribution in [0.1, 0.15) is 33.8 Å². The zero-order valence-corrected chi connectivity index (χ0v) is 12.6. The molecule has 1 aromatic heterocycles. The number of rotatable bonds is 1. The molecule has 0 spiro atoms. The molecule has 0 aliphatic rings. The minimum Gasteiger partial charge on any atom is -0.277 e. The maximum Gasteiger partial charge on any atom is 0.100 e. The smallest absolute Gasteiger partial charge is 0.100 e. The third-order valence-corrected chi connectivity index (χ3v) is 3.75. The van der Waals surface area contributed by atoms with E-state index in [1.165, 1.54) is 5.56 Å². The second kappa shape index (κ2) is 5.53. The van der Waals surface area contributed by atoms with E-state index in [1.54, 1.807) is 0 Å². The first kappa shape index (κ1) is 15.6. The van der Waals surface area contributed by atoms with Gasteiger partial charge in [0.15, 0.2) is 0 Å². The number of H-pyrrole nitrogens is 1. The van der Waals surface area contributed by atoms with Crippen molar-refractivity contribution in [3.05, 3.63) is 53.1 Å². The molecule has 0 bridgehead atoms. The lowest BCUT2D eigenvalue weighted by molar-refractivity contribution is 0.592. The van der Waals surface area contributed by atoms with Crippen molar-refractivity contribution < 1.29 is 0 Å². The quantitative estimate of drug-likeness (QED) is 0.603. The van der Waals surface area contributed by atoms with E-state index in [1.807, 2.05) is 30.3 Å². The Kier molecular flexibility index (Phi) is 4.11. The van der Waals surface area contributed by atoms with Gasteiger partial charge in [-0.25, -0.2) is 0 Å². The number of aromatic nitrogens is 2. The molecule has 2 aromatic carbocycles. The number of hydrogen-bond donors (Lipinski definition) is 1. The van der Waals surface area contributed by atoms with Gasteiger partial charge in [0.1, 0.15) is 5.69 Å². The minimum atomic E-state index is 0. The Hall–Kier alpha value is -1.80. The Morgan fingerprint density at radius 3 is 2.48 bits per heavy atom. The molecule has 2 nitrogen and oxygen atoms in total. The molecule has 0 atom stereocenters. The van der Waals surface area contributed by atoms with Gasteiger partial charge in [0.25, 0.3) is 0 Å². The second-order valence-electron chi connectivity index (χ2n) is 6.06. The van der Waals surface area contributed by atoms with Crippen molar-refractivity contribution in [1.82, 2.24) is 10.2 Å². The van der Waals surface area contributed by atoms with Crippen LogP contribution in [-0.2, 0) is 5.41 Å². The molecule has 0 amide bonds. The van der Waals surface area contributed by atoms with Gasteiger partial charge in [-0.05, 0) is 29.2 Å². The average molecular weight is 301 g/mol. The van der Waals surface area contributed by atoms with E-state index in [0.29, 0.717) is 0 Å². The van der Waals surface area contributed by atoms with E-state index < -0.39 is 0 Å². The number of nitrogens with zero attached hydrogens (tertiary/aromatic N) is 1. The predicted octanol–water partition coefficient (Wildman–Crippen LogP) is 5.82. The third-order valence-electron chi connectivity index (χ3n) is 3.52. The highest BCUT2D eigenvalue weighted by Gasteiger charge is 2.21. The molecule has 0 saturated carbocycles. The van der Waals surface area contributed by atoms with Gasteiger partial charge >= 0.3 is 0 Å². The first-order valence-electron chi connectivity index (χ1n) is 6.70. The zero-order chi connectivity index (χ0) is 14.3. The summed E-state index contributed by atoms with van der Waals surface area (Å²) in [5, 5.41) is 9.45. The normalized spacial score (nSPS) is 11.4. The molecule has 0 aliphatic heterocycles. The highest BCUT2D eigenvalue weighted by Crippen LogP contribution is 2.36. The summed E-state index contributed by atoms with van der Waals surface area (Å²) in [6.07, 6.45) is 0. The van der Waals surface area contributed by atoms with Crippen LogP contribution in [0.15, 0.2) is 42.5 Å². The fraction of sp³-hybridized carbons (Fsp3) is 0.278. The summed E-state index contributed by atoms with van der Waals surface area (Å²) in [7, 11) is 0. The molecule has 0 saturated heterocycles. The molecule has 3 aromatic rings. The summed E-state index contributed by atoms with van der Waals surface area (Å²) < 4.78 is 0. The fourth-order valence-electron chi connectivity index (χ4n) is 2.54.